The van der Waals surface area contributed by atoms with Gasteiger partial charge in [-0.1, -0.05) is 36.4 Å². The minimum absolute atomic E-state index is 0.00205. The van der Waals surface area contributed by atoms with E-state index in [-0.39, 0.29) is 23.7 Å². The van der Waals surface area contributed by atoms with Gasteiger partial charge in [-0.2, -0.15) is 0 Å². The number of esters is 1. The molecule has 1 amide bonds. The predicted molar refractivity (Wildman–Crippen MR) is 120 cm³/mol. The zero-order valence-corrected chi connectivity index (χ0v) is 17.9. The molecule has 2 unspecified atom stereocenters. The van der Waals surface area contributed by atoms with Gasteiger partial charge in [0.2, 0.25) is 5.90 Å². The number of rotatable bonds is 3. The molecule has 0 saturated carbocycles. The lowest BCUT2D eigenvalue weighted by atomic mass is 10.0. The summed E-state index contributed by atoms with van der Waals surface area (Å²) < 4.78 is 10.8. The number of cyclic esters (lactones) is 1. The maximum absolute atomic E-state index is 12.7. The van der Waals surface area contributed by atoms with Gasteiger partial charge in [0.1, 0.15) is 0 Å². The fourth-order valence-electron chi connectivity index (χ4n) is 4.24. The molecular formula is C25H23N3O4. The lowest BCUT2D eigenvalue weighted by Crippen LogP contribution is -2.56. The van der Waals surface area contributed by atoms with E-state index < -0.39 is 5.97 Å². The average molecular weight is 429 g/mol. The van der Waals surface area contributed by atoms with E-state index in [0.29, 0.717) is 24.7 Å². The second-order valence-corrected chi connectivity index (χ2v) is 8.18. The first kappa shape index (κ1) is 20.1. The van der Waals surface area contributed by atoms with E-state index in [2.05, 4.69) is 4.99 Å². The molecule has 3 aromatic rings. The van der Waals surface area contributed by atoms with Crippen molar-refractivity contribution in [1.82, 2.24) is 9.80 Å². The van der Waals surface area contributed by atoms with E-state index in [4.69, 9.17) is 9.15 Å². The molecule has 2 aromatic carbocycles. The topological polar surface area (TPSA) is 75.3 Å². The fourth-order valence-corrected chi connectivity index (χ4v) is 4.24. The van der Waals surface area contributed by atoms with E-state index >= 15 is 0 Å². The van der Waals surface area contributed by atoms with Crippen molar-refractivity contribution in [3.63, 3.8) is 0 Å². The third-order valence-corrected chi connectivity index (χ3v) is 5.96. The van der Waals surface area contributed by atoms with Crippen molar-refractivity contribution >= 4 is 28.5 Å². The summed E-state index contributed by atoms with van der Waals surface area (Å²) in [7, 11) is 0. The van der Waals surface area contributed by atoms with Crippen molar-refractivity contribution < 1.29 is 18.7 Å². The molecule has 7 heteroatoms. The summed E-state index contributed by atoms with van der Waals surface area (Å²) in [5.41, 5.74) is 1.05. The minimum Gasteiger partial charge on any atom is -0.459 e. The maximum atomic E-state index is 12.7. The number of fused-ring (bicyclic) bond motifs is 1. The van der Waals surface area contributed by atoms with Crippen molar-refractivity contribution in [2.45, 2.75) is 25.9 Å². The molecule has 2 aliphatic rings. The van der Waals surface area contributed by atoms with Crippen LogP contribution in [0.5, 0.6) is 0 Å². The highest BCUT2D eigenvalue weighted by atomic mass is 16.6. The molecule has 5 rings (SSSR count). The van der Waals surface area contributed by atoms with Crippen LogP contribution in [0.15, 0.2) is 82.2 Å². The van der Waals surface area contributed by atoms with Gasteiger partial charge in [0, 0.05) is 36.9 Å². The molecule has 2 atom stereocenters. The Morgan fingerprint density at radius 1 is 1.03 bits per heavy atom. The first-order chi connectivity index (χ1) is 15.5. The van der Waals surface area contributed by atoms with E-state index in [1.165, 1.54) is 6.26 Å². The van der Waals surface area contributed by atoms with Crippen LogP contribution < -0.4 is 0 Å². The summed E-state index contributed by atoms with van der Waals surface area (Å²) in [5.74, 6) is 0.0463. The van der Waals surface area contributed by atoms with Crippen LogP contribution in [0.25, 0.3) is 10.8 Å². The zero-order chi connectivity index (χ0) is 22.2. The number of piperazine rings is 1. The molecule has 0 bridgehead atoms. The number of amides is 1. The third kappa shape index (κ3) is 3.56. The molecule has 0 N–H and O–H groups in total. The Labute approximate surface area is 185 Å². The van der Waals surface area contributed by atoms with E-state index in [1.54, 1.807) is 23.2 Å². The molecular weight excluding hydrogens is 406 g/mol. The first-order valence-electron chi connectivity index (χ1n) is 10.6. The van der Waals surface area contributed by atoms with Gasteiger partial charge in [-0.3, -0.25) is 4.79 Å². The molecule has 3 heterocycles. The number of carbonyl (C=O) groups is 2. The zero-order valence-electron chi connectivity index (χ0n) is 17.9. The quantitative estimate of drug-likeness (QED) is 0.468. The number of benzene rings is 2. The van der Waals surface area contributed by atoms with Crippen LogP contribution in [0, 0.1) is 0 Å². The highest BCUT2D eigenvalue weighted by Gasteiger charge is 2.34. The van der Waals surface area contributed by atoms with Crippen LogP contribution in [0.3, 0.4) is 0 Å². The Bertz CT molecular complexity index is 1240. The lowest BCUT2D eigenvalue weighted by Gasteiger charge is -2.43. The largest absolute Gasteiger partial charge is 0.459 e. The molecule has 0 spiro atoms. The normalized spacial score (nSPS) is 22.4. The highest BCUT2D eigenvalue weighted by molar-refractivity contribution is 6.16. The molecule has 2 aliphatic heterocycles. The Hall–Kier alpha value is -3.87. The maximum Gasteiger partial charge on any atom is 0.365 e. The molecule has 162 valence electrons. The predicted octanol–water partition coefficient (Wildman–Crippen LogP) is 3.81. The van der Waals surface area contributed by atoms with Crippen molar-refractivity contribution in [2.24, 2.45) is 4.99 Å². The Balaban J connectivity index is 1.38. The molecule has 0 radical (unpaired) electrons. The van der Waals surface area contributed by atoms with Gasteiger partial charge in [0.25, 0.3) is 5.91 Å². The van der Waals surface area contributed by atoms with E-state index in [1.807, 2.05) is 61.2 Å². The molecule has 1 saturated heterocycles. The van der Waals surface area contributed by atoms with Crippen molar-refractivity contribution in [3.8, 4) is 0 Å². The first-order valence-corrected chi connectivity index (χ1v) is 10.6. The SMILES string of the molecule is CC1CN(C(=O)c2ccco2)C(C)CN1C=C1N=C(c2cccc3ccccc23)OC1=O. The summed E-state index contributed by atoms with van der Waals surface area (Å²) in [6, 6.07) is 17.1. The van der Waals surface area contributed by atoms with Crippen LogP contribution in [-0.4, -0.2) is 52.7 Å². The summed E-state index contributed by atoms with van der Waals surface area (Å²) >= 11 is 0. The molecule has 1 aromatic heterocycles. The number of ether oxygens (including phenoxy) is 1. The standard InChI is InChI=1S/C25H23N3O4/c1-16-14-28(24(29)22-11-6-12-31-22)17(2)13-27(16)15-21-25(30)32-23(26-21)20-10-5-8-18-7-3-4-9-19(18)20/h3-12,15-17H,13-14H2,1-2H3. The summed E-state index contributed by atoms with van der Waals surface area (Å²) in [5, 5.41) is 2.04. The van der Waals surface area contributed by atoms with Crippen LogP contribution in [-0.2, 0) is 9.53 Å². The van der Waals surface area contributed by atoms with Crippen LogP contribution >= 0.6 is 0 Å². The summed E-state index contributed by atoms with van der Waals surface area (Å²) in [6.45, 7) is 5.08. The number of carbonyl (C=O) groups excluding carboxylic acids is 2. The van der Waals surface area contributed by atoms with Gasteiger partial charge >= 0.3 is 5.97 Å². The van der Waals surface area contributed by atoms with Gasteiger partial charge in [-0.05, 0) is 42.8 Å². The third-order valence-electron chi connectivity index (χ3n) is 5.96. The number of furan rings is 1. The molecule has 0 aliphatic carbocycles. The number of aliphatic imine (C=N–C) groups is 1. The smallest absolute Gasteiger partial charge is 0.365 e. The Kier molecular flexibility index (Phi) is 5.01. The number of hydrogen-bond acceptors (Lipinski definition) is 6. The molecule has 7 nitrogen and oxygen atoms in total. The van der Waals surface area contributed by atoms with Gasteiger partial charge in [-0.25, -0.2) is 9.79 Å². The summed E-state index contributed by atoms with van der Waals surface area (Å²) in [6.07, 6.45) is 3.25. The van der Waals surface area contributed by atoms with Crippen molar-refractivity contribution in [3.05, 3.63) is 84.1 Å². The average Bonchev–Trinajstić information content (AvgIpc) is 3.46. The Morgan fingerprint density at radius 3 is 2.66 bits per heavy atom. The molecule has 1 fully saturated rings. The van der Waals surface area contributed by atoms with E-state index in [9.17, 15) is 9.59 Å². The van der Waals surface area contributed by atoms with Crippen LogP contribution in [0.2, 0.25) is 0 Å². The monoisotopic (exact) mass is 429 g/mol. The number of hydrogen-bond donors (Lipinski definition) is 0. The van der Waals surface area contributed by atoms with Crippen molar-refractivity contribution in [2.75, 3.05) is 13.1 Å². The van der Waals surface area contributed by atoms with Gasteiger partial charge < -0.3 is 19.0 Å². The van der Waals surface area contributed by atoms with Crippen LogP contribution in [0.4, 0.5) is 0 Å². The van der Waals surface area contributed by atoms with Gasteiger partial charge in [0.05, 0.1) is 6.26 Å². The summed E-state index contributed by atoms with van der Waals surface area (Å²) in [4.78, 5) is 33.7. The minimum atomic E-state index is -0.470. The second kappa shape index (κ2) is 8.00. The van der Waals surface area contributed by atoms with E-state index in [0.717, 1.165) is 16.3 Å². The Morgan fingerprint density at radius 2 is 1.84 bits per heavy atom. The highest BCUT2D eigenvalue weighted by Crippen LogP contribution is 2.25. The van der Waals surface area contributed by atoms with Gasteiger partial charge in [0.15, 0.2) is 11.5 Å². The lowest BCUT2D eigenvalue weighted by molar-refractivity contribution is -0.130. The van der Waals surface area contributed by atoms with Crippen LogP contribution in [0.1, 0.15) is 30.0 Å². The van der Waals surface area contributed by atoms with Crippen molar-refractivity contribution in [1.29, 1.82) is 0 Å². The fraction of sp³-hybridized carbons (Fsp3) is 0.240. The van der Waals surface area contributed by atoms with Gasteiger partial charge in [-0.15, -0.1) is 0 Å². The molecule has 32 heavy (non-hydrogen) atoms. The number of nitrogens with zero attached hydrogens (tertiary/aromatic N) is 3. The second-order valence-electron chi connectivity index (χ2n) is 8.18.